The summed E-state index contributed by atoms with van der Waals surface area (Å²) in [7, 11) is 0. The SMILES string of the molecule is C[C@@H](On1c(-c2ccc(Cl)cc2)nc2ccc([N+](=O)[O-])cc21)C(=O)O. The van der Waals surface area contributed by atoms with E-state index in [9.17, 15) is 14.9 Å². The van der Waals surface area contributed by atoms with Gasteiger partial charge in [-0.25, -0.2) is 9.78 Å². The Morgan fingerprint density at radius 1 is 1.32 bits per heavy atom. The molecule has 2 aromatic carbocycles. The van der Waals surface area contributed by atoms with Crippen molar-refractivity contribution in [3.05, 3.63) is 57.6 Å². The topological polar surface area (TPSA) is 107 Å². The van der Waals surface area contributed by atoms with E-state index >= 15 is 0 Å². The number of carboxylic acids is 1. The first-order chi connectivity index (χ1) is 11.9. The maximum absolute atomic E-state index is 11.1. The molecule has 0 fully saturated rings. The van der Waals surface area contributed by atoms with E-state index in [1.165, 1.54) is 29.9 Å². The van der Waals surface area contributed by atoms with Crippen molar-refractivity contribution in [1.29, 1.82) is 0 Å². The van der Waals surface area contributed by atoms with Crippen LogP contribution in [0, 0.1) is 10.1 Å². The highest BCUT2D eigenvalue weighted by molar-refractivity contribution is 6.30. The summed E-state index contributed by atoms with van der Waals surface area (Å²) in [6.45, 7) is 1.36. The molecular weight excluding hydrogens is 350 g/mol. The number of halogens is 1. The number of rotatable bonds is 5. The molecule has 0 aliphatic rings. The lowest BCUT2D eigenvalue weighted by Gasteiger charge is -2.14. The van der Waals surface area contributed by atoms with Gasteiger partial charge in [0, 0.05) is 22.7 Å². The second-order valence-corrected chi connectivity index (χ2v) is 5.69. The molecule has 0 unspecified atom stereocenters. The van der Waals surface area contributed by atoms with Crippen LogP contribution in [0.3, 0.4) is 0 Å². The zero-order chi connectivity index (χ0) is 18.1. The minimum atomic E-state index is -1.18. The Morgan fingerprint density at radius 2 is 2.00 bits per heavy atom. The van der Waals surface area contributed by atoms with Crippen LogP contribution in [-0.2, 0) is 4.79 Å². The molecule has 8 nitrogen and oxygen atoms in total. The van der Waals surface area contributed by atoms with Gasteiger partial charge in [0.1, 0.15) is 5.52 Å². The van der Waals surface area contributed by atoms with E-state index < -0.39 is 17.0 Å². The number of imidazole rings is 1. The number of nitrogens with zero attached hydrogens (tertiary/aromatic N) is 3. The maximum atomic E-state index is 11.1. The molecule has 0 saturated heterocycles. The van der Waals surface area contributed by atoms with E-state index in [-0.39, 0.29) is 5.69 Å². The molecule has 0 bridgehead atoms. The fourth-order valence-corrected chi connectivity index (χ4v) is 2.37. The van der Waals surface area contributed by atoms with Crippen LogP contribution in [0.1, 0.15) is 6.92 Å². The van der Waals surface area contributed by atoms with Crippen molar-refractivity contribution in [1.82, 2.24) is 9.71 Å². The Hall–Kier alpha value is -3.13. The third-order valence-corrected chi connectivity index (χ3v) is 3.77. The summed E-state index contributed by atoms with van der Waals surface area (Å²) >= 11 is 5.89. The molecule has 25 heavy (non-hydrogen) atoms. The first-order valence-electron chi connectivity index (χ1n) is 7.19. The van der Waals surface area contributed by atoms with Gasteiger partial charge in [-0.2, -0.15) is 4.73 Å². The summed E-state index contributed by atoms with van der Waals surface area (Å²) < 4.78 is 1.20. The Balaban J connectivity index is 2.22. The van der Waals surface area contributed by atoms with Crippen LogP contribution in [0.2, 0.25) is 5.02 Å². The highest BCUT2D eigenvalue weighted by Crippen LogP contribution is 2.28. The number of carboxylic acid groups (broad SMARTS) is 1. The van der Waals surface area contributed by atoms with Gasteiger partial charge in [0.2, 0.25) is 6.10 Å². The van der Waals surface area contributed by atoms with Crippen molar-refractivity contribution in [2.75, 3.05) is 0 Å². The molecule has 0 amide bonds. The largest absolute Gasteiger partial charge is 0.478 e. The smallest absolute Gasteiger partial charge is 0.347 e. The van der Waals surface area contributed by atoms with E-state index in [0.29, 0.717) is 27.4 Å². The van der Waals surface area contributed by atoms with Crippen LogP contribution in [0.15, 0.2) is 42.5 Å². The third-order valence-electron chi connectivity index (χ3n) is 3.52. The molecule has 9 heteroatoms. The molecule has 0 aliphatic carbocycles. The van der Waals surface area contributed by atoms with Crippen molar-refractivity contribution in [3.63, 3.8) is 0 Å². The van der Waals surface area contributed by atoms with Crippen LogP contribution in [0.25, 0.3) is 22.4 Å². The average Bonchev–Trinajstić information content (AvgIpc) is 2.93. The van der Waals surface area contributed by atoms with Crippen molar-refractivity contribution in [3.8, 4) is 11.4 Å². The molecule has 1 heterocycles. The number of nitro groups is 1. The number of nitro benzene ring substituents is 1. The summed E-state index contributed by atoms with van der Waals surface area (Å²) in [6, 6.07) is 10.8. The molecule has 0 saturated carbocycles. The number of aromatic nitrogens is 2. The van der Waals surface area contributed by atoms with Crippen molar-refractivity contribution in [2.45, 2.75) is 13.0 Å². The van der Waals surface area contributed by atoms with Crippen LogP contribution < -0.4 is 4.84 Å². The first kappa shape index (κ1) is 16.7. The fraction of sp³-hybridized carbons (Fsp3) is 0.125. The van der Waals surface area contributed by atoms with Gasteiger partial charge in [-0.05, 0) is 37.3 Å². The van der Waals surface area contributed by atoms with Crippen LogP contribution in [0.5, 0.6) is 0 Å². The van der Waals surface area contributed by atoms with Crippen LogP contribution >= 0.6 is 11.6 Å². The average molecular weight is 362 g/mol. The maximum Gasteiger partial charge on any atom is 0.347 e. The van der Waals surface area contributed by atoms with Crippen molar-refractivity contribution in [2.24, 2.45) is 0 Å². The second-order valence-electron chi connectivity index (χ2n) is 5.25. The Morgan fingerprint density at radius 3 is 2.60 bits per heavy atom. The molecule has 3 rings (SSSR count). The number of fused-ring (bicyclic) bond motifs is 1. The van der Waals surface area contributed by atoms with E-state index in [2.05, 4.69) is 4.98 Å². The zero-order valence-electron chi connectivity index (χ0n) is 12.9. The van der Waals surface area contributed by atoms with Crippen LogP contribution in [0.4, 0.5) is 5.69 Å². The highest BCUT2D eigenvalue weighted by Gasteiger charge is 2.21. The predicted octanol–water partition coefficient (Wildman–Crippen LogP) is 3.17. The lowest BCUT2D eigenvalue weighted by atomic mass is 10.2. The Kier molecular flexibility index (Phi) is 4.28. The zero-order valence-corrected chi connectivity index (χ0v) is 13.7. The summed E-state index contributed by atoms with van der Waals surface area (Å²) in [6.07, 6.45) is -1.18. The Bertz CT molecular complexity index is 968. The summed E-state index contributed by atoms with van der Waals surface area (Å²) in [5.41, 5.74) is 1.21. The molecule has 3 aromatic rings. The molecule has 128 valence electrons. The molecule has 1 atom stereocenters. The lowest BCUT2D eigenvalue weighted by molar-refractivity contribution is -0.384. The minimum absolute atomic E-state index is 0.150. The summed E-state index contributed by atoms with van der Waals surface area (Å²) in [4.78, 5) is 31.5. The number of aliphatic carboxylic acids is 1. The van der Waals surface area contributed by atoms with Gasteiger partial charge in [-0.3, -0.25) is 10.1 Å². The highest BCUT2D eigenvalue weighted by atomic mass is 35.5. The molecule has 0 spiro atoms. The molecular formula is C16H12ClN3O5. The molecule has 1 aromatic heterocycles. The fourth-order valence-electron chi connectivity index (χ4n) is 2.25. The molecule has 0 radical (unpaired) electrons. The number of non-ortho nitro benzene ring substituents is 1. The van der Waals surface area contributed by atoms with Gasteiger partial charge < -0.3 is 9.94 Å². The number of benzene rings is 2. The van der Waals surface area contributed by atoms with E-state index in [1.807, 2.05) is 0 Å². The van der Waals surface area contributed by atoms with Gasteiger partial charge in [0.25, 0.3) is 5.69 Å². The quantitative estimate of drug-likeness (QED) is 0.552. The van der Waals surface area contributed by atoms with Gasteiger partial charge in [-0.15, -0.1) is 0 Å². The summed E-state index contributed by atoms with van der Waals surface area (Å²) in [5.74, 6) is -0.852. The second kappa shape index (κ2) is 6.40. The lowest BCUT2D eigenvalue weighted by Crippen LogP contribution is -2.30. The van der Waals surface area contributed by atoms with Crippen molar-refractivity contribution >= 4 is 34.3 Å². The first-order valence-corrected chi connectivity index (χ1v) is 7.57. The van der Waals surface area contributed by atoms with Gasteiger partial charge in [-0.1, -0.05) is 11.6 Å². The molecule has 0 aliphatic heterocycles. The number of hydrogen-bond acceptors (Lipinski definition) is 5. The number of carbonyl (C=O) groups is 1. The van der Waals surface area contributed by atoms with Crippen molar-refractivity contribution < 1.29 is 19.7 Å². The predicted molar refractivity (Wildman–Crippen MR) is 90.5 cm³/mol. The van der Waals surface area contributed by atoms with Gasteiger partial charge in [0.15, 0.2) is 5.82 Å². The minimum Gasteiger partial charge on any atom is -0.478 e. The molecule has 1 N–H and O–H groups in total. The van der Waals surface area contributed by atoms with E-state index in [0.717, 1.165) is 0 Å². The van der Waals surface area contributed by atoms with Gasteiger partial charge >= 0.3 is 5.97 Å². The van der Waals surface area contributed by atoms with Crippen LogP contribution in [-0.4, -0.2) is 31.8 Å². The normalized spacial score (nSPS) is 12.1. The monoisotopic (exact) mass is 361 g/mol. The van der Waals surface area contributed by atoms with E-state index in [4.69, 9.17) is 21.5 Å². The Labute approximate surface area is 146 Å². The van der Waals surface area contributed by atoms with Gasteiger partial charge in [0.05, 0.1) is 10.4 Å². The standard InChI is InChI=1S/C16H12ClN3O5/c1-9(16(21)22)25-19-14-8-12(20(23)24)6-7-13(14)18-15(19)10-2-4-11(17)5-3-10/h2-9H,1H3,(H,21,22)/t9-/m1/s1. The third kappa shape index (κ3) is 3.24. The number of hydrogen-bond donors (Lipinski definition) is 1. The van der Waals surface area contributed by atoms with E-state index in [1.54, 1.807) is 24.3 Å². The summed E-state index contributed by atoms with van der Waals surface area (Å²) in [5, 5.41) is 20.7.